The van der Waals surface area contributed by atoms with Gasteiger partial charge < -0.3 is 9.30 Å². The molecular formula is C15H26N2O2. The second kappa shape index (κ2) is 7.46. The summed E-state index contributed by atoms with van der Waals surface area (Å²) in [6.07, 6.45) is 0. The summed E-state index contributed by atoms with van der Waals surface area (Å²) in [7, 11) is 1.69. The number of rotatable bonds is 8. The predicted octanol–water partition coefficient (Wildman–Crippen LogP) is 2.28. The van der Waals surface area contributed by atoms with Crippen molar-refractivity contribution in [2.45, 2.75) is 34.2 Å². The first-order valence-electron chi connectivity index (χ1n) is 6.96. The average molecular weight is 266 g/mol. The number of Topliss-reactive ketones (excluding diaryl/α,β-unsaturated/α-hetero) is 1. The number of aromatic nitrogens is 1. The number of aryl methyl sites for hydroxylation is 1. The first-order valence-corrected chi connectivity index (χ1v) is 6.96. The minimum atomic E-state index is 0.200. The maximum atomic E-state index is 12.4. The standard InChI is InChI=1S/C15H26N2O2/c1-6-16(8-9-19-5)11-15(18)14-10-12(3)17(7-2)13(14)4/h10H,6-9,11H2,1-5H3. The van der Waals surface area contributed by atoms with Gasteiger partial charge in [-0.05, 0) is 33.4 Å². The van der Waals surface area contributed by atoms with Crippen LogP contribution in [0.15, 0.2) is 6.07 Å². The SMILES string of the molecule is CCN(CCOC)CC(=O)c1cc(C)n(CC)c1C. The Labute approximate surface area is 116 Å². The molecule has 0 bridgehead atoms. The lowest BCUT2D eigenvalue weighted by atomic mass is 10.1. The van der Waals surface area contributed by atoms with E-state index in [0.717, 1.165) is 36.6 Å². The highest BCUT2D eigenvalue weighted by molar-refractivity contribution is 5.99. The Bertz CT molecular complexity index is 424. The Hall–Kier alpha value is -1.13. The van der Waals surface area contributed by atoms with Crippen molar-refractivity contribution in [2.75, 3.05) is 33.4 Å². The minimum absolute atomic E-state index is 0.200. The molecule has 0 N–H and O–H groups in total. The number of hydrogen-bond acceptors (Lipinski definition) is 3. The third-order valence-electron chi connectivity index (χ3n) is 3.62. The monoisotopic (exact) mass is 266 g/mol. The molecular weight excluding hydrogens is 240 g/mol. The highest BCUT2D eigenvalue weighted by atomic mass is 16.5. The zero-order chi connectivity index (χ0) is 14.4. The van der Waals surface area contributed by atoms with Crippen molar-refractivity contribution < 1.29 is 9.53 Å². The third-order valence-corrected chi connectivity index (χ3v) is 3.62. The molecule has 19 heavy (non-hydrogen) atoms. The molecule has 108 valence electrons. The molecule has 4 nitrogen and oxygen atoms in total. The molecule has 0 saturated carbocycles. The molecule has 0 aliphatic carbocycles. The summed E-state index contributed by atoms with van der Waals surface area (Å²) in [5.41, 5.74) is 3.09. The zero-order valence-electron chi connectivity index (χ0n) is 12.8. The maximum absolute atomic E-state index is 12.4. The van der Waals surface area contributed by atoms with Crippen LogP contribution in [0.5, 0.6) is 0 Å². The first-order chi connectivity index (χ1) is 9.04. The van der Waals surface area contributed by atoms with Gasteiger partial charge >= 0.3 is 0 Å². The Morgan fingerprint density at radius 3 is 2.53 bits per heavy atom. The first kappa shape index (κ1) is 15.9. The molecule has 1 aromatic heterocycles. The van der Waals surface area contributed by atoms with Crippen LogP contribution in [0.3, 0.4) is 0 Å². The number of carbonyl (C=O) groups is 1. The van der Waals surface area contributed by atoms with Crippen molar-refractivity contribution in [1.29, 1.82) is 0 Å². The van der Waals surface area contributed by atoms with E-state index in [4.69, 9.17) is 4.74 Å². The summed E-state index contributed by atoms with van der Waals surface area (Å²) in [6, 6.07) is 2.01. The number of hydrogen-bond donors (Lipinski definition) is 0. The van der Waals surface area contributed by atoms with Crippen LogP contribution in [0, 0.1) is 13.8 Å². The van der Waals surface area contributed by atoms with Gasteiger partial charge in [-0.3, -0.25) is 9.69 Å². The number of ether oxygens (including phenoxy) is 1. The van der Waals surface area contributed by atoms with Crippen LogP contribution in [0.1, 0.15) is 35.6 Å². The van der Waals surface area contributed by atoms with Gasteiger partial charge in [-0.2, -0.15) is 0 Å². The van der Waals surface area contributed by atoms with Crippen molar-refractivity contribution in [3.8, 4) is 0 Å². The molecule has 4 heteroatoms. The summed E-state index contributed by atoms with van der Waals surface area (Å²) in [5, 5.41) is 0. The van der Waals surface area contributed by atoms with Crippen molar-refractivity contribution in [3.05, 3.63) is 23.0 Å². The lowest BCUT2D eigenvalue weighted by molar-refractivity contribution is 0.0901. The van der Waals surface area contributed by atoms with Crippen molar-refractivity contribution in [3.63, 3.8) is 0 Å². The fourth-order valence-corrected chi connectivity index (χ4v) is 2.43. The van der Waals surface area contributed by atoms with Crippen LogP contribution >= 0.6 is 0 Å². The molecule has 0 unspecified atom stereocenters. The molecule has 0 aliphatic heterocycles. The van der Waals surface area contributed by atoms with Crippen molar-refractivity contribution >= 4 is 5.78 Å². The Kier molecular flexibility index (Phi) is 6.25. The largest absolute Gasteiger partial charge is 0.383 e. The molecule has 0 aliphatic rings. The van der Waals surface area contributed by atoms with E-state index in [0.29, 0.717) is 13.2 Å². The number of carbonyl (C=O) groups excluding carboxylic acids is 1. The second-order valence-electron chi connectivity index (χ2n) is 4.81. The third kappa shape index (κ3) is 3.91. The van der Waals surface area contributed by atoms with E-state index in [-0.39, 0.29) is 5.78 Å². The van der Waals surface area contributed by atoms with Crippen LogP contribution in [0.25, 0.3) is 0 Å². The van der Waals surface area contributed by atoms with E-state index in [1.165, 1.54) is 0 Å². The highest BCUT2D eigenvalue weighted by Gasteiger charge is 2.17. The van der Waals surface area contributed by atoms with Gasteiger partial charge in [0.1, 0.15) is 0 Å². The van der Waals surface area contributed by atoms with Gasteiger partial charge in [-0.1, -0.05) is 6.92 Å². The van der Waals surface area contributed by atoms with Crippen LogP contribution < -0.4 is 0 Å². The molecule has 1 aromatic rings. The molecule has 0 aromatic carbocycles. The quantitative estimate of drug-likeness (QED) is 0.677. The van der Waals surface area contributed by atoms with E-state index >= 15 is 0 Å². The van der Waals surface area contributed by atoms with Gasteiger partial charge in [0, 0.05) is 37.2 Å². The van der Waals surface area contributed by atoms with Crippen molar-refractivity contribution in [1.82, 2.24) is 9.47 Å². The maximum Gasteiger partial charge on any atom is 0.178 e. The van der Waals surface area contributed by atoms with Gasteiger partial charge in [0.25, 0.3) is 0 Å². The fraction of sp³-hybridized carbons (Fsp3) is 0.667. The lowest BCUT2D eigenvalue weighted by Gasteiger charge is -2.18. The molecule has 0 radical (unpaired) electrons. The summed E-state index contributed by atoms with van der Waals surface area (Å²) >= 11 is 0. The fourth-order valence-electron chi connectivity index (χ4n) is 2.43. The molecule has 0 fully saturated rings. The van der Waals surface area contributed by atoms with Gasteiger partial charge in [0.05, 0.1) is 13.2 Å². The number of likely N-dealkylation sites (N-methyl/N-ethyl adjacent to an activating group) is 1. The van der Waals surface area contributed by atoms with Crippen LogP contribution in [0.4, 0.5) is 0 Å². The van der Waals surface area contributed by atoms with Crippen LogP contribution in [0.2, 0.25) is 0 Å². The van der Waals surface area contributed by atoms with E-state index in [1.54, 1.807) is 7.11 Å². The van der Waals surface area contributed by atoms with Crippen LogP contribution in [-0.4, -0.2) is 48.6 Å². The normalized spacial score (nSPS) is 11.3. The van der Waals surface area contributed by atoms with Gasteiger partial charge in [-0.25, -0.2) is 0 Å². The second-order valence-corrected chi connectivity index (χ2v) is 4.81. The summed E-state index contributed by atoms with van der Waals surface area (Å²) in [4.78, 5) is 14.5. The summed E-state index contributed by atoms with van der Waals surface area (Å²) < 4.78 is 7.25. The van der Waals surface area contributed by atoms with Gasteiger partial charge in [0.2, 0.25) is 0 Å². The summed E-state index contributed by atoms with van der Waals surface area (Å²) in [5.74, 6) is 0.200. The Morgan fingerprint density at radius 1 is 1.37 bits per heavy atom. The van der Waals surface area contributed by atoms with E-state index in [1.807, 2.05) is 13.0 Å². The number of methoxy groups -OCH3 is 1. The summed E-state index contributed by atoms with van der Waals surface area (Å²) in [6.45, 7) is 11.9. The molecule has 0 atom stereocenters. The average Bonchev–Trinajstić information content (AvgIpc) is 2.69. The highest BCUT2D eigenvalue weighted by Crippen LogP contribution is 2.16. The van der Waals surface area contributed by atoms with E-state index < -0.39 is 0 Å². The smallest absolute Gasteiger partial charge is 0.178 e. The molecule has 0 spiro atoms. The zero-order valence-corrected chi connectivity index (χ0v) is 12.8. The van der Waals surface area contributed by atoms with E-state index in [2.05, 4.69) is 30.2 Å². The predicted molar refractivity (Wildman–Crippen MR) is 77.9 cm³/mol. The minimum Gasteiger partial charge on any atom is -0.383 e. The van der Waals surface area contributed by atoms with Crippen LogP contribution in [-0.2, 0) is 11.3 Å². The molecule has 1 heterocycles. The molecule has 0 saturated heterocycles. The Balaban J connectivity index is 2.77. The van der Waals surface area contributed by atoms with Crippen molar-refractivity contribution in [2.24, 2.45) is 0 Å². The lowest BCUT2D eigenvalue weighted by Crippen LogP contribution is -2.32. The number of nitrogens with zero attached hydrogens (tertiary/aromatic N) is 2. The molecule has 0 amide bonds. The topological polar surface area (TPSA) is 34.5 Å². The van der Waals surface area contributed by atoms with E-state index in [9.17, 15) is 4.79 Å². The number of ketones is 1. The van der Waals surface area contributed by atoms with Gasteiger partial charge in [-0.15, -0.1) is 0 Å². The molecule has 1 rings (SSSR count). The van der Waals surface area contributed by atoms with Gasteiger partial charge in [0.15, 0.2) is 5.78 Å². The Morgan fingerprint density at radius 2 is 2.05 bits per heavy atom.